The minimum Gasteiger partial charge on any atom is -0.506 e. The van der Waals surface area contributed by atoms with Crippen molar-refractivity contribution in [3.63, 3.8) is 0 Å². The molecule has 138 valence electrons. The molecule has 2 N–H and O–H groups in total. The van der Waals surface area contributed by atoms with Crippen LogP contribution in [-0.4, -0.2) is 36.2 Å². The topological polar surface area (TPSA) is 35.5 Å². The highest BCUT2D eigenvalue weighted by Gasteiger charge is 2.33. The molecular weight excluding hydrogens is 418 g/mol. The quantitative estimate of drug-likeness (QED) is 0.712. The molecule has 2 fully saturated rings. The van der Waals surface area contributed by atoms with Crippen molar-refractivity contribution in [1.82, 2.24) is 10.2 Å². The predicted octanol–water partition coefficient (Wildman–Crippen LogP) is 4.66. The largest absolute Gasteiger partial charge is 0.506 e. The monoisotopic (exact) mass is 442 g/mol. The number of rotatable bonds is 3. The Kier molecular flexibility index (Phi) is 9.31. The van der Waals surface area contributed by atoms with Gasteiger partial charge in [-0.3, -0.25) is 4.90 Å². The first-order valence-corrected chi connectivity index (χ1v) is 9.09. The Morgan fingerprint density at radius 2 is 1.75 bits per heavy atom. The van der Waals surface area contributed by atoms with Gasteiger partial charge in [-0.1, -0.05) is 25.3 Å². The van der Waals surface area contributed by atoms with Crippen LogP contribution in [0.4, 0.5) is 4.39 Å². The first kappa shape index (κ1) is 22.0. The molecular formula is C17H26BrCl2FN2O. The van der Waals surface area contributed by atoms with Crippen LogP contribution in [0.5, 0.6) is 5.75 Å². The van der Waals surface area contributed by atoms with Crippen LogP contribution in [0.2, 0.25) is 0 Å². The van der Waals surface area contributed by atoms with Crippen LogP contribution in [0.3, 0.4) is 0 Å². The van der Waals surface area contributed by atoms with Crippen molar-refractivity contribution < 1.29 is 9.50 Å². The summed E-state index contributed by atoms with van der Waals surface area (Å²) >= 11 is 3.19. The fourth-order valence-electron chi connectivity index (χ4n) is 3.95. The lowest BCUT2D eigenvalue weighted by atomic mass is 9.80. The lowest BCUT2D eigenvalue weighted by molar-refractivity contribution is 0.101. The molecule has 0 unspecified atom stereocenters. The summed E-state index contributed by atoms with van der Waals surface area (Å²) in [4.78, 5) is 2.46. The summed E-state index contributed by atoms with van der Waals surface area (Å²) in [5.41, 5.74) is 0.877. The number of hydrogen-bond acceptors (Lipinski definition) is 3. The van der Waals surface area contributed by atoms with Gasteiger partial charge in [0.05, 0.1) is 4.47 Å². The minimum absolute atomic E-state index is 0. The van der Waals surface area contributed by atoms with Crippen molar-refractivity contribution in [1.29, 1.82) is 0 Å². The first-order valence-electron chi connectivity index (χ1n) is 8.30. The lowest BCUT2D eigenvalue weighted by Gasteiger charge is -2.41. The molecule has 1 aromatic carbocycles. The summed E-state index contributed by atoms with van der Waals surface area (Å²) in [5, 5.41) is 13.9. The molecule has 3 nitrogen and oxygen atoms in total. The molecule has 0 spiro atoms. The molecule has 1 saturated heterocycles. The number of hydrogen-bond donors (Lipinski definition) is 2. The van der Waals surface area contributed by atoms with Gasteiger partial charge >= 0.3 is 0 Å². The van der Waals surface area contributed by atoms with Crippen molar-refractivity contribution in [3.05, 3.63) is 28.0 Å². The number of phenols is 1. The van der Waals surface area contributed by atoms with Gasteiger partial charge < -0.3 is 10.4 Å². The third-order valence-electron chi connectivity index (χ3n) is 5.06. The van der Waals surface area contributed by atoms with Crippen molar-refractivity contribution in [2.45, 2.75) is 38.1 Å². The highest BCUT2D eigenvalue weighted by Crippen LogP contribution is 2.44. The Labute approximate surface area is 164 Å². The van der Waals surface area contributed by atoms with Gasteiger partial charge in [-0.25, -0.2) is 4.39 Å². The summed E-state index contributed by atoms with van der Waals surface area (Å²) in [6, 6.07) is 3.44. The predicted molar refractivity (Wildman–Crippen MR) is 104 cm³/mol. The van der Waals surface area contributed by atoms with E-state index in [1.165, 1.54) is 38.2 Å². The zero-order valence-electron chi connectivity index (χ0n) is 13.6. The van der Waals surface area contributed by atoms with Crippen molar-refractivity contribution in [2.24, 2.45) is 5.92 Å². The fraction of sp³-hybridized carbons (Fsp3) is 0.647. The van der Waals surface area contributed by atoms with E-state index < -0.39 is 5.82 Å². The van der Waals surface area contributed by atoms with Crippen LogP contribution in [-0.2, 0) is 0 Å². The zero-order chi connectivity index (χ0) is 15.5. The number of phenolic OH excluding ortho intramolecular Hbond substituents is 1. The molecule has 3 rings (SSSR count). The lowest BCUT2D eigenvalue weighted by Crippen LogP contribution is -2.47. The highest BCUT2D eigenvalue weighted by atomic mass is 79.9. The second kappa shape index (κ2) is 10.2. The van der Waals surface area contributed by atoms with E-state index in [-0.39, 0.29) is 41.1 Å². The summed E-state index contributed by atoms with van der Waals surface area (Å²) in [5.74, 6) is 0.230. The second-order valence-electron chi connectivity index (χ2n) is 6.43. The van der Waals surface area contributed by atoms with Crippen LogP contribution in [0, 0.1) is 11.7 Å². The number of halogens is 4. The Balaban J connectivity index is 0.00000144. The molecule has 0 amide bonds. The minimum atomic E-state index is -0.399. The third kappa shape index (κ3) is 4.76. The Bertz CT molecular complexity index is 506. The molecule has 1 heterocycles. The maximum Gasteiger partial charge on any atom is 0.141 e. The summed E-state index contributed by atoms with van der Waals surface area (Å²) in [7, 11) is 0. The Morgan fingerprint density at radius 3 is 2.38 bits per heavy atom. The van der Waals surface area contributed by atoms with Gasteiger partial charge in [-0.05, 0) is 40.8 Å². The second-order valence-corrected chi connectivity index (χ2v) is 7.22. The molecule has 24 heavy (non-hydrogen) atoms. The molecule has 0 radical (unpaired) electrons. The van der Waals surface area contributed by atoms with Gasteiger partial charge in [0.15, 0.2) is 0 Å². The summed E-state index contributed by atoms with van der Waals surface area (Å²) in [6.07, 6.45) is 6.22. The normalized spacial score (nSPS) is 20.8. The number of piperazine rings is 1. The van der Waals surface area contributed by atoms with Crippen LogP contribution in [0.25, 0.3) is 0 Å². The first-order chi connectivity index (χ1) is 10.7. The van der Waals surface area contributed by atoms with E-state index in [2.05, 4.69) is 26.1 Å². The molecule has 1 saturated carbocycles. The molecule has 1 aliphatic heterocycles. The van der Waals surface area contributed by atoms with Crippen LogP contribution in [0.15, 0.2) is 16.6 Å². The maximum atomic E-state index is 13.7. The average Bonchev–Trinajstić information content (AvgIpc) is 2.57. The Hall–Kier alpha value is -0.0700. The van der Waals surface area contributed by atoms with E-state index in [9.17, 15) is 9.50 Å². The van der Waals surface area contributed by atoms with E-state index >= 15 is 0 Å². The molecule has 7 heteroatoms. The van der Waals surface area contributed by atoms with Gasteiger partial charge in [0.2, 0.25) is 0 Å². The van der Waals surface area contributed by atoms with Gasteiger partial charge in [0, 0.05) is 37.8 Å². The van der Waals surface area contributed by atoms with E-state index in [4.69, 9.17) is 0 Å². The third-order valence-corrected chi connectivity index (χ3v) is 5.81. The van der Waals surface area contributed by atoms with Gasteiger partial charge in [-0.2, -0.15) is 0 Å². The molecule has 0 aromatic heterocycles. The van der Waals surface area contributed by atoms with Gasteiger partial charge in [0.1, 0.15) is 11.6 Å². The van der Waals surface area contributed by atoms with E-state index in [1.807, 2.05) is 0 Å². The molecule has 0 bridgehead atoms. The standard InChI is InChI=1S/C17H24BrFN2O.2ClH/c18-15-14(19)7-6-13(17(15)22)16(12-4-2-1-3-5-12)21-10-8-20-9-11-21;;/h6-7,12,16,20,22H,1-5,8-11H2;2*1H/t16-;;/m1../s1. The highest BCUT2D eigenvalue weighted by molar-refractivity contribution is 9.10. The number of aromatic hydroxyl groups is 1. The van der Waals surface area contributed by atoms with Crippen LogP contribution >= 0.6 is 40.7 Å². The van der Waals surface area contributed by atoms with E-state index in [1.54, 1.807) is 6.07 Å². The van der Waals surface area contributed by atoms with Gasteiger partial charge in [-0.15, -0.1) is 24.8 Å². The molecule has 1 aliphatic carbocycles. The molecule has 1 atom stereocenters. The molecule has 1 aromatic rings. The van der Waals surface area contributed by atoms with Crippen molar-refractivity contribution >= 4 is 40.7 Å². The van der Waals surface area contributed by atoms with Crippen molar-refractivity contribution in [3.8, 4) is 5.75 Å². The van der Waals surface area contributed by atoms with E-state index in [0.717, 1.165) is 31.7 Å². The average molecular weight is 444 g/mol. The SMILES string of the molecule is Cl.Cl.Oc1c([C@@H](C2CCCCC2)N2CCNCC2)ccc(F)c1Br. The smallest absolute Gasteiger partial charge is 0.141 e. The maximum absolute atomic E-state index is 13.7. The van der Waals surface area contributed by atoms with Crippen molar-refractivity contribution in [2.75, 3.05) is 26.2 Å². The molecule has 2 aliphatic rings. The van der Waals surface area contributed by atoms with E-state index in [0.29, 0.717) is 5.92 Å². The summed E-state index contributed by atoms with van der Waals surface area (Å²) in [6.45, 7) is 3.92. The number of nitrogens with one attached hydrogen (secondary N) is 1. The number of nitrogens with zero attached hydrogens (tertiary/aromatic N) is 1. The van der Waals surface area contributed by atoms with Gasteiger partial charge in [0.25, 0.3) is 0 Å². The summed E-state index contributed by atoms with van der Waals surface area (Å²) < 4.78 is 13.9. The van der Waals surface area contributed by atoms with Crippen LogP contribution in [0.1, 0.15) is 43.7 Å². The fourth-order valence-corrected chi connectivity index (χ4v) is 4.31. The number of benzene rings is 1. The zero-order valence-corrected chi connectivity index (χ0v) is 16.9. The Morgan fingerprint density at radius 1 is 1.12 bits per heavy atom. The van der Waals surface area contributed by atoms with Crippen LogP contribution < -0.4 is 5.32 Å².